The van der Waals surface area contributed by atoms with Gasteiger partial charge in [0.1, 0.15) is 0 Å². The molecule has 11 rings (SSSR count). The van der Waals surface area contributed by atoms with Gasteiger partial charge in [-0.1, -0.05) is 206 Å². The summed E-state index contributed by atoms with van der Waals surface area (Å²) < 4.78 is 0. The summed E-state index contributed by atoms with van der Waals surface area (Å²) in [5, 5.41) is 5.99. The van der Waals surface area contributed by atoms with Gasteiger partial charge in [0, 0.05) is 38.4 Å². The Kier molecular flexibility index (Phi) is 8.83. The van der Waals surface area contributed by atoms with Crippen molar-refractivity contribution >= 4 is 32.4 Å². The van der Waals surface area contributed by atoms with Crippen molar-refractivity contribution < 1.29 is 0 Å². The van der Waals surface area contributed by atoms with Crippen molar-refractivity contribution in [1.29, 1.82) is 0 Å². The molecule has 0 spiro atoms. The maximum absolute atomic E-state index is 5.32. The van der Waals surface area contributed by atoms with Crippen LogP contribution in [0.5, 0.6) is 0 Å². The number of pyridine rings is 1. The Morgan fingerprint density at radius 1 is 0.250 bits per heavy atom. The first-order valence-electron chi connectivity index (χ1n) is 20.3. The van der Waals surface area contributed by atoms with Crippen LogP contribution in [0.3, 0.4) is 0 Å². The van der Waals surface area contributed by atoms with E-state index in [4.69, 9.17) is 15.0 Å². The predicted molar refractivity (Wildman–Crippen MR) is 250 cm³/mol. The van der Waals surface area contributed by atoms with Crippen molar-refractivity contribution in [3.8, 4) is 78.5 Å². The van der Waals surface area contributed by atoms with Crippen LogP contribution in [0.1, 0.15) is 0 Å². The van der Waals surface area contributed by atoms with E-state index in [0.29, 0.717) is 5.82 Å². The molecule has 0 amide bonds. The zero-order valence-electron chi connectivity index (χ0n) is 32.7. The quantitative estimate of drug-likeness (QED) is 0.152. The maximum Gasteiger partial charge on any atom is 0.160 e. The molecule has 0 fully saturated rings. The van der Waals surface area contributed by atoms with E-state index in [1.165, 1.54) is 38.4 Å². The van der Waals surface area contributed by atoms with Crippen LogP contribution in [0, 0.1) is 0 Å². The van der Waals surface area contributed by atoms with Gasteiger partial charge in [0.2, 0.25) is 0 Å². The molecule has 0 atom stereocenters. The van der Waals surface area contributed by atoms with Gasteiger partial charge in [-0.3, -0.25) is 0 Å². The van der Waals surface area contributed by atoms with E-state index in [-0.39, 0.29) is 0 Å². The van der Waals surface area contributed by atoms with E-state index in [0.717, 1.165) is 66.8 Å². The van der Waals surface area contributed by atoms with Crippen LogP contribution in [0.2, 0.25) is 0 Å². The second-order valence-corrected chi connectivity index (χ2v) is 15.2. The van der Waals surface area contributed by atoms with E-state index in [1.807, 2.05) is 24.3 Å². The summed E-state index contributed by atoms with van der Waals surface area (Å²) in [5.74, 6) is 0.693. The van der Waals surface area contributed by atoms with Crippen molar-refractivity contribution in [3.05, 3.63) is 224 Å². The molecule has 0 saturated heterocycles. The number of hydrogen-bond acceptors (Lipinski definition) is 3. The van der Waals surface area contributed by atoms with Crippen molar-refractivity contribution in [1.82, 2.24) is 15.0 Å². The van der Waals surface area contributed by atoms with E-state index in [2.05, 4.69) is 200 Å². The molecule has 9 aromatic carbocycles. The maximum atomic E-state index is 5.32. The topological polar surface area (TPSA) is 38.7 Å². The second-order valence-electron chi connectivity index (χ2n) is 15.2. The molecule has 280 valence electrons. The highest BCUT2D eigenvalue weighted by molar-refractivity contribution is 6.22. The van der Waals surface area contributed by atoms with Crippen LogP contribution in [-0.2, 0) is 0 Å². The predicted octanol–water partition coefficient (Wildman–Crippen LogP) is 15.0. The lowest BCUT2D eigenvalue weighted by atomic mass is 9.93. The van der Waals surface area contributed by atoms with Crippen LogP contribution in [0.25, 0.3) is 111 Å². The summed E-state index contributed by atoms with van der Waals surface area (Å²) in [7, 11) is 0. The molecule has 0 unspecified atom stereocenters. The average molecular weight is 764 g/mol. The fraction of sp³-hybridized carbons (Fsp3) is 0. The fourth-order valence-corrected chi connectivity index (χ4v) is 8.38. The first-order valence-corrected chi connectivity index (χ1v) is 20.3. The summed E-state index contributed by atoms with van der Waals surface area (Å²) in [6.07, 6.45) is 0. The average Bonchev–Trinajstić information content (AvgIpc) is 3.34. The van der Waals surface area contributed by atoms with E-state index >= 15 is 0 Å². The zero-order chi connectivity index (χ0) is 39.8. The van der Waals surface area contributed by atoms with Crippen LogP contribution < -0.4 is 0 Å². The van der Waals surface area contributed by atoms with E-state index in [9.17, 15) is 0 Å². The largest absolute Gasteiger partial charge is 0.247 e. The third-order valence-electron chi connectivity index (χ3n) is 11.5. The minimum Gasteiger partial charge on any atom is -0.247 e. The van der Waals surface area contributed by atoms with Gasteiger partial charge in [0.25, 0.3) is 0 Å². The number of aromatic nitrogens is 3. The smallest absolute Gasteiger partial charge is 0.160 e. The van der Waals surface area contributed by atoms with Crippen molar-refractivity contribution in [2.24, 2.45) is 0 Å². The molecule has 2 heterocycles. The molecule has 3 heteroatoms. The summed E-state index contributed by atoms with van der Waals surface area (Å²) in [5.41, 5.74) is 14.9. The zero-order valence-corrected chi connectivity index (χ0v) is 32.7. The first kappa shape index (κ1) is 35.2. The Balaban J connectivity index is 0.938. The molecule has 0 bridgehead atoms. The second kappa shape index (κ2) is 15.1. The highest BCUT2D eigenvalue weighted by atomic mass is 14.9. The number of hydrogen-bond donors (Lipinski definition) is 0. The number of rotatable bonds is 7. The third-order valence-corrected chi connectivity index (χ3v) is 11.5. The van der Waals surface area contributed by atoms with E-state index < -0.39 is 0 Å². The Bertz CT molecular complexity index is 3310. The minimum atomic E-state index is 0.693. The summed E-state index contributed by atoms with van der Waals surface area (Å²) in [4.78, 5) is 15.5. The Hall–Kier alpha value is -8.01. The molecule has 0 saturated carbocycles. The normalized spacial score (nSPS) is 11.3. The molecule has 0 radical (unpaired) electrons. The highest BCUT2D eigenvalue weighted by Gasteiger charge is 2.16. The Labute approximate surface area is 349 Å². The molecule has 2 aromatic heterocycles. The fourth-order valence-electron chi connectivity index (χ4n) is 8.38. The van der Waals surface area contributed by atoms with Gasteiger partial charge in [-0.25, -0.2) is 15.0 Å². The van der Waals surface area contributed by atoms with E-state index in [1.54, 1.807) is 0 Å². The van der Waals surface area contributed by atoms with Crippen LogP contribution in [-0.4, -0.2) is 15.0 Å². The summed E-state index contributed by atoms with van der Waals surface area (Å²) in [6, 6.07) is 79.2. The number of benzene rings is 9. The lowest BCUT2D eigenvalue weighted by Gasteiger charge is -2.14. The molecule has 0 N–H and O–H groups in total. The Morgan fingerprint density at radius 3 is 1.32 bits per heavy atom. The molecule has 0 aliphatic carbocycles. The van der Waals surface area contributed by atoms with Gasteiger partial charge in [0.05, 0.1) is 22.6 Å². The first-order chi connectivity index (χ1) is 29.7. The molecule has 3 nitrogen and oxygen atoms in total. The Morgan fingerprint density at radius 2 is 0.700 bits per heavy atom. The molecule has 11 aromatic rings. The summed E-state index contributed by atoms with van der Waals surface area (Å²) >= 11 is 0. The van der Waals surface area contributed by atoms with Gasteiger partial charge in [-0.05, 0) is 62.4 Å². The van der Waals surface area contributed by atoms with Crippen molar-refractivity contribution in [2.75, 3.05) is 0 Å². The van der Waals surface area contributed by atoms with Gasteiger partial charge >= 0.3 is 0 Å². The molecule has 0 aliphatic rings. The summed E-state index contributed by atoms with van der Waals surface area (Å²) in [6.45, 7) is 0. The molecule has 0 aliphatic heterocycles. The van der Waals surface area contributed by atoms with Gasteiger partial charge in [-0.2, -0.15) is 0 Å². The van der Waals surface area contributed by atoms with Gasteiger partial charge in [0.15, 0.2) is 5.82 Å². The number of nitrogens with zero attached hydrogens (tertiary/aromatic N) is 3. The lowest BCUT2D eigenvalue weighted by molar-refractivity contribution is 1.18. The molecule has 60 heavy (non-hydrogen) atoms. The highest BCUT2D eigenvalue weighted by Crippen LogP contribution is 2.39. The van der Waals surface area contributed by atoms with Crippen molar-refractivity contribution in [3.63, 3.8) is 0 Å². The monoisotopic (exact) mass is 763 g/mol. The molecular weight excluding hydrogens is 727 g/mol. The minimum absolute atomic E-state index is 0.693. The standard InChI is InChI=1S/C57H37N3/c1-4-12-38(13-5-1)40-20-26-45(27-21-40)54-37-53(44-17-8-3-9-18-44)59-57(60-54)47-30-24-42(25-31-47)41-22-28-46(29-23-41)56-50-34-32-43-16-10-11-19-49(43)55(50)51-36-48(33-35-52(51)58-56)39-14-6-2-7-15-39/h1-37H. The lowest BCUT2D eigenvalue weighted by Crippen LogP contribution is -1.96. The van der Waals surface area contributed by atoms with Crippen LogP contribution in [0.15, 0.2) is 224 Å². The molecular formula is C57H37N3. The third kappa shape index (κ3) is 6.58. The van der Waals surface area contributed by atoms with Gasteiger partial charge in [-0.15, -0.1) is 0 Å². The number of fused-ring (bicyclic) bond motifs is 5. The van der Waals surface area contributed by atoms with Crippen LogP contribution in [0.4, 0.5) is 0 Å². The van der Waals surface area contributed by atoms with Crippen molar-refractivity contribution in [2.45, 2.75) is 0 Å². The van der Waals surface area contributed by atoms with Gasteiger partial charge < -0.3 is 0 Å². The van der Waals surface area contributed by atoms with Crippen LogP contribution >= 0.6 is 0 Å². The SMILES string of the molecule is c1ccc(-c2ccc(-c3cc(-c4ccccc4)nc(-c4ccc(-c5ccc(-c6nc7ccc(-c8ccccc8)cc7c7c6ccc6ccccc67)cc5)cc4)n3)cc2)cc1.